The van der Waals surface area contributed by atoms with Crippen LogP contribution in [0.25, 0.3) is 0 Å². The van der Waals surface area contributed by atoms with Gasteiger partial charge in [0.1, 0.15) is 6.61 Å². The summed E-state index contributed by atoms with van der Waals surface area (Å²) in [5.41, 5.74) is 0. The molecule has 0 spiro atoms. The Labute approximate surface area is 147 Å². The summed E-state index contributed by atoms with van der Waals surface area (Å²) in [6.07, 6.45) is 13.2. The summed E-state index contributed by atoms with van der Waals surface area (Å²) < 4.78 is 9.81. The fourth-order valence-electron chi connectivity index (χ4n) is 2.55. The number of hydrogen-bond acceptors (Lipinski definition) is 5. The molecule has 5 heteroatoms. The topological polar surface area (TPSA) is 72.8 Å². The van der Waals surface area contributed by atoms with Crippen molar-refractivity contribution in [2.75, 3.05) is 13.2 Å². The first-order chi connectivity index (χ1) is 11.6. The Hall–Kier alpha value is -1.10. The zero-order chi connectivity index (χ0) is 18.0. The van der Waals surface area contributed by atoms with E-state index in [0.717, 1.165) is 19.3 Å². The van der Waals surface area contributed by atoms with E-state index in [1.807, 2.05) is 0 Å². The van der Waals surface area contributed by atoms with E-state index in [4.69, 9.17) is 14.6 Å². The van der Waals surface area contributed by atoms with Gasteiger partial charge in [-0.3, -0.25) is 9.59 Å². The lowest BCUT2D eigenvalue weighted by molar-refractivity contribution is -0.159. The van der Waals surface area contributed by atoms with Gasteiger partial charge < -0.3 is 14.6 Å². The maximum atomic E-state index is 11.6. The van der Waals surface area contributed by atoms with Crippen LogP contribution in [0.4, 0.5) is 0 Å². The van der Waals surface area contributed by atoms with Crippen molar-refractivity contribution in [2.45, 2.75) is 97.0 Å². The van der Waals surface area contributed by atoms with E-state index in [9.17, 15) is 9.59 Å². The predicted molar refractivity (Wildman–Crippen MR) is 94.7 cm³/mol. The molecular formula is C19H36O5. The third kappa shape index (κ3) is 15.8. The first-order valence-electron chi connectivity index (χ1n) is 9.53. The van der Waals surface area contributed by atoms with E-state index < -0.39 is 12.1 Å². The molecule has 0 aliphatic carbocycles. The van der Waals surface area contributed by atoms with Gasteiger partial charge in [0.25, 0.3) is 0 Å². The molecule has 0 bridgehead atoms. The standard InChI is InChI=1S/C19H36O5/c1-3-4-5-6-7-8-9-10-11-12-13-14-19(22)23-16-18(15-20)24-17(2)21/h18,20H,3-16H2,1-2H3. The van der Waals surface area contributed by atoms with Gasteiger partial charge in [-0.1, -0.05) is 71.1 Å². The molecule has 0 saturated heterocycles. The van der Waals surface area contributed by atoms with Crippen LogP contribution in [0.2, 0.25) is 0 Å². The summed E-state index contributed by atoms with van der Waals surface area (Å²) in [4.78, 5) is 22.3. The fraction of sp³-hybridized carbons (Fsp3) is 0.895. The van der Waals surface area contributed by atoms with Crippen molar-refractivity contribution in [1.82, 2.24) is 0 Å². The van der Waals surface area contributed by atoms with E-state index >= 15 is 0 Å². The van der Waals surface area contributed by atoms with Crippen molar-refractivity contribution in [2.24, 2.45) is 0 Å². The Morgan fingerprint density at radius 1 is 0.875 bits per heavy atom. The van der Waals surface area contributed by atoms with Gasteiger partial charge in [0.05, 0.1) is 6.61 Å². The monoisotopic (exact) mass is 344 g/mol. The minimum absolute atomic E-state index is 0.0764. The van der Waals surface area contributed by atoms with E-state index in [2.05, 4.69) is 6.92 Å². The maximum absolute atomic E-state index is 11.6. The summed E-state index contributed by atoms with van der Waals surface area (Å²) >= 11 is 0. The molecule has 0 rings (SSSR count). The van der Waals surface area contributed by atoms with Crippen LogP contribution in [0.5, 0.6) is 0 Å². The first-order valence-corrected chi connectivity index (χ1v) is 9.53. The zero-order valence-corrected chi connectivity index (χ0v) is 15.6. The van der Waals surface area contributed by atoms with Gasteiger partial charge in [0, 0.05) is 13.3 Å². The van der Waals surface area contributed by atoms with Crippen molar-refractivity contribution in [1.29, 1.82) is 0 Å². The number of esters is 2. The number of rotatable bonds is 16. The van der Waals surface area contributed by atoms with E-state index in [-0.39, 0.29) is 19.2 Å². The summed E-state index contributed by atoms with van der Waals surface area (Å²) in [5.74, 6) is -0.785. The molecule has 1 unspecified atom stereocenters. The van der Waals surface area contributed by atoms with Crippen LogP contribution < -0.4 is 0 Å². The lowest BCUT2D eigenvalue weighted by atomic mass is 10.1. The average molecular weight is 344 g/mol. The van der Waals surface area contributed by atoms with Gasteiger partial charge in [-0.05, 0) is 6.42 Å². The van der Waals surface area contributed by atoms with E-state index in [1.54, 1.807) is 0 Å². The normalized spacial score (nSPS) is 12.0. The highest BCUT2D eigenvalue weighted by Gasteiger charge is 2.13. The number of aliphatic hydroxyl groups excluding tert-OH is 1. The van der Waals surface area contributed by atoms with Crippen LogP contribution >= 0.6 is 0 Å². The second-order valence-corrected chi connectivity index (χ2v) is 6.38. The Balaban J connectivity index is 3.38. The van der Waals surface area contributed by atoms with Crippen molar-refractivity contribution < 1.29 is 24.2 Å². The molecule has 5 nitrogen and oxygen atoms in total. The van der Waals surface area contributed by atoms with Crippen LogP contribution in [0, 0.1) is 0 Å². The molecule has 0 aromatic rings. The summed E-state index contributed by atoms with van der Waals surface area (Å²) in [5, 5.41) is 9.00. The van der Waals surface area contributed by atoms with Crippen LogP contribution in [-0.4, -0.2) is 36.4 Å². The Bertz CT molecular complexity index is 317. The number of hydrogen-bond donors (Lipinski definition) is 1. The summed E-state index contributed by atoms with van der Waals surface area (Å²) in [6, 6.07) is 0. The number of carbonyl (C=O) groups is 2. The Morgan fingerprint density at radius 2 is 1.38 bits per heavy atom. The molecular weight excluding hydrogens is 308 g/mol. The van der Waals surface area contributed by atoms with Gasteiger partial charge in [0.2, 0.25) is 0 Å². The summed E-state index contributed by atoms with van der Waals surface area (Å²) in [6.45, 7) is 3.08. The largest absolute Gasteiger partial charge is 0.462 e. The fourth-order valence-corrected chi connectivity index (χ4v) is 2.55. The zero-order valence-electron chi connectivity index (χ0n) is 15.6. The van der Waals surface area contributed by atoms with Crippen LogP contribution in [-0.2, 0) is 19.1 Å². The highest BCUT2D eigenvalue weighted by atomic mass is 16.6. The first kappa shape index (κ1) is 22.9. The molecule has 0 fully saturated rings. The lowest BCUT2D eigenvalue weighted by Gasteiger charge is -2.14. The molecule has 24 heavy (non-hydrogen) atoms. The van der Waals surface area contributed by atoms with Crippen molar-refractivity contribution in [3.05, 3.63) is 0 Å². The van der Waals surface area contributed by atoms with E-state index in [1.165, 1.54) is 58.3 Å². The molecule has 0 radical (unpaired) electrons. The van der Waals surface area contributed by atoms with Crippen LogP contribution in [0.3, 0.4) is 0 Å². The van der Waals surface area contributed by atoms with Gasteiger partial charge in [-0.15, -0.1) is 0 Å². The van der Waals surface area contributed by atoms with Gasteiger partial charge >= 0.3 is 11.9 Å². The Kier molecular flexibility index (Phi) is 16.0. The molecule has 142 valence electrons. The van der Waals surface area contributed by atoms with Crippen molar-refractivity contribution in [3.8, 4) is 0 Å². The van der Waals surface area contributed by atoms with E-state index in [0.29, 0.717) is 6.42 Å². The smallest absolute Gasteiger partial charge is 0.305 e. The van der Waals surface area contributed by atoms with Crippen molar-refractivity contribution >= 4 is 11.9 Å². The average Bonchev–Trinajstić information content (AvgIpc) is 2.56. The quantitative estimate of drug-likeness (QED) is 0.336. The lowest BCUT2D eigenvalue weighted by Crippen LogP contribution is -2.27. The number of ether oxygens (including phenoxy) is 2. The Morgan fingerprint density at radius 3 is 1.83 bits per heavy atom. The summed E-state index contributed by atoms with van der Waals surface area (Å²) in [7, 11) is 0. The highest BCUT2D eigenvalue weighted by molar-refractivity contribution is 5.69. The minimum Gasteiger partial charge on any atom is -0.462 e. The molecule has 0 saturated carbocycles. The molecule has 0 aromatic heterocycles. The molecule has 1 N–H and O–H groups in total. The number of aliphatic hydroxyl groups is 1. The third-order valence-corrected chi connectivity index (χ3v) is 3.95. The second-order valence-electron chi connectivity index (χ2n) is 6.38. The SMILES string of the molecule is CCCCCCCCCCCCCC(=O)OCC(CO)OC(C)=O. The third-order valence-electron chi connectivity index (χ3n) is 3.95. The molecule has 1 atom stereocenters. The maximum Gasteiger partial charge on any atom is 0.305 e. The highest BCUT2D eigenvalue weighted by Crippen LogP contribution is 2.12. The van der Waals surface area contributed by atoms with Gasteiger partial charge in [0.15, 0.2) is 6.10 Å². The molecule has 0 aliphatic heterocycles. The van der Waals surface area contributed by atoms with Gasteiger partial charge in [-0.25, -0.2) is 0 Å². The molecule has 0 aliphatic rings. The minimum atomic E-state index is -0.760. The van der Waals surface area contributed by atoms with Gasteiger partial charge in [-0.2, -0.15) is 0 Å². The van der Waals surface area contributed by atoms with Crippen LogP contribution in [0.1, 0.15) is 90.9 Å². The van der Waals surface area contributed by atoms with Crippen molar-refractivity contribution in [3.63, 3.8) is 0 Å². The molecule has 0 aromatic carbocycles. The number of unbranched alkanes of at least 4 members (excludes halogenated alkanes) is 10. The predicted octanol–water partition coefficient (Wildman–Crippen LogP) is 4.15. The molecule has 0 heterocycles. The second kappa shape index (κ2) is 16.7. The molecule has 0 amide bonds. The number of carbonyl (C=O) groups excluding carboxylic acids is 2. The van der Waals surface area contributed by atoms with Crippen LogP contribution in [0.15, 0.2) is 0 Å².